The van der Waals surface area contributed by atoms with Crippen molar-refractivity contribution in [3.63, 3.8) is 0 Å². The summed E-state index contributed by atoms with van der Waals surface area (Å²) in [6.07, 6.45) is 3.24. The minimum Gasteiger partial charge on any atom is -0.451 e. The van der Waals surface area contributed by atoms with Crippen molar-refractivity contribution in [1.82, 2.24) is 5.32 Å². The molecule has 1 amide bonds. The number of carbonyl (C=O) groups excluding carboxylic acids is 1. The first-order valence-corrected chi connectivity index (χ1v) is 7.18. The van der Waals surface area contributed by atoms with E-state index in [2.05, 4.69) is 5.32 Å². The summed E-state index contributed by atoms with van der Waals surface area (Å²) in [6.45, 7) is 2.65. The second kappa shape index (κ2) is 6.50. The van der Waals surface area contributed by atoms with Gasteiger partial charge in [-0.2, -0.15) is 0 Å². The fourth-order valence-electron chi connectivity index (χ4n) is 3.02. The zero-order chi connectivity index (χ0) is 14.1. The maximum Gasteiger partial charge on any atom is 0.287 e. The van der Waals surface area contributed by atoms with E-state index >= 15 is 0 Å². The molecule has 2 aromatic rings. The number of rotatable bonds is 3. The molecule has 0 aliphatic heterocycles. The van der Waals surface area contributed by atoms with Crippen LogP contribution in [0.5, 0.6) is 0 Å². The number of aryl methyl sites for hydroxylation is 1. The van der Waals surface area contributed by atoms with Gasteiger partial charge >= 0.3 is 0 Å². The molecule has 1 fully saturated rings. The molecule has 0 spiro atoms. The summed E-state index contributed by atoms with van der Waals surface area (Å²) < 4.78 is 5.62. The third-order valence-corrected chi connectivity index (χ3v) is 4.17. The standard InChI is InChI=1S/C16H20N2O2.ClH/c1-10-5-6-14-12(7-10)8-15(20-14)16(19)18-13-4-2-3-11(13)9-17;/h5-8,11,13H,2-4,9,17H2,1H3,(H,18,19);1H. The fourth-order valence-corrected chi connectivity index (χ4v) is 3.02. The topological polar surface area (TPSA) is 68.3 Å². The SMILES string of the molecule is Cc1ccc2oc(C(=O)NC3CCCC3CN)cc2c1.Cl. The number of hydrogen-bond donors (Lipinski definition) is 2. The molecule has 114 valence electrons. The van der Waals surface area contributed by atoms with Gasteiger partial charge in [-0.05, 0) is 50.4 Å². The van der Waals surface area contributed by atoms with E-state index < -0.39 is 0 Å². The molecular weight excluding hydrogens is 288 g/mol. The van der Waals surface area contributed by atoms with E-state index in [1.807, 2.05) is 31.2 Å². The maximum atomic E-state index is 12.3. The van der Waals surface area contributed by atoms with Crippen LogP contribution in [0, 0.1) is 12.8 Å². The molecule has 0 saturated heterocycles. The zero-order valence-electron chi connectivity index (χ0n) is 12.1. The van der Waals surface area contributed by atoms with Crippen LogP contribution in [0.1, 0.15) is 35.4 Å². The van der Waals surface area contributed by atoms with E-state index in [9.17, 15) is 4.79 Å². The summed E-state index contributed by atoms with van der Waals surface area (Å²) in [4.78, 5) is 12.3. The van der Waals surface area contributed by atoms with Gasteiger partial charge in [-0.15, -0.1) is 12.4 Å². The van der Waals surface area contributed by atoms with Crippen molar-refractivity contribution < 1.29 is 9.21 Å². The molecule has 1 aliphatic carbocycles. The molecule has 0 radical (unpaired) electrons. The van der Waals surface area contributed by atoms with E-state index in [-0.39, 0.29) is 24.4 Å². The summed E-state index contributed by atoms with van der Waals surface area (Å²) in [5.41, 5.74) is 7.65. The Morgan fingerprint density at radius 1 is 1.38 bits per heavy atom. The first-order chi connectivity index (χ1) is 9.67. The highest BCUT2D eigenvalue weighted by Crippen LogP contribution is 2.26. The van der Waals surface area contributed by atoms with Crippen molar-refractivity contribution in [2.24, 2.45) is 11.7 Å². The van der Waals surface area contributed by atoms with Gasteiger partial charge in [-0.1, -0.05) is 18.1 Å². The molecule has 1 saturated carbocycles. The molecule has 1 aromatic carbocycles. The lowest BCUT2D eigenvalue weighted by Gasteiger charge is -2.18. The highest BCUT2D eigenvalue weighted by Gasteiger charge is 2.28. The molecule has 21 heavy (non-hydrogen) atoms. The Morgan fingerprint density at radius 2 is 2.19 bits per heavy atom. The van der Waals surface area contributed by atoms with Gasteiger partial charge in [0, 0.05) is 11.4 Å². The van der Waals surface area contributed by atoms with Crippen LogP contribution < -0.4 is 11.1 Å². The van der Waals surface area contributed by atoms with Crippen molar-refractivity contribution in [2.45, 2.75) is 32.2 Å². The molecule has 3 N–H and O–H groups in total. The van der Waals surface area contributed by atoms with Crippen LogP contribution in [-0.2, 0) is 0 Å². The van der Waals surface area contributed by atoms with Crippen molar-refractivity contribution in [2.75, 3.05) is 6.54 Å². The Morgan fingerprint density at radius 3 is 2.95 bits per heavy atom. The number of carbonyl (C=O) groups is 1. The molecule has 3 rings (SSSR count). The number of nitrogens with two attached hydrogens (primary N) is 1. The van der Waals surface area contributed by atoms with Gasteiger partial charge in [0.2, 0.25) is 0 Å². The molecule has 0 bridgehead atoms. The third-order valence-electron chi connectivity index (χ3n) is 4.17. The molecule has 4 nitrogen and oxygen atoms in total. The first kappa shape index (κ1) is 15.9. The number of halogens is 1. The van der Waals surface area contributed by atoms with Crippen LogP contribution in [0.4, 0.5) is 0 Å². The first-order valence-electron chi connectivity index (χ1n) is 7.18. The summed E-state index contributed by atoms with van der Waals surface area (Å²) in [5, 5.41) is 4.03. The lowest BCUT2D eigenvalue weighted by atomic mass is 10.0. The Hall–Kier alpha value is -1.52. The smallest absolute Gasteiger partial charge is 0.287 e. The van der Waals surface area contributed by atoms with E-state index in [0.29, 0.717) is 18.2 Å². The Bertz CT molecular complexity index is 638. The second-order valence-electron chi connectivity index (χ2n) is 5.66. The van der Waals surface area contributed by atoms with Gasteiger partial charge < -0.3 is 15.5 Å². The predicted octanol–water partition coefficient (Wildman–Crippen LogP) is 3.02. The van der Waals surface area contributed by atoms with Gasteiger partial charge in [0.05, 0.1) is 0 Å². The molecule has 1 aromatic heterocycles. The van der Waals surface area contributed by atoms with Crippen LogP contribution in [0.2, 0.25) is 0 Å². The normalized spacial score (nSPS) is 21.2. The van der Waals surface area contributed by atoms with E-state index in [4.69, 9.17) is 10.2 Å². The van der Waals surface area contributed by atoms with Gasteiger partial charge in [0.25, 0.3) is 5.91 Å². The number of furan rings is 1. The zero-order valence-corrected chi connectivity index (χ0v) is 12.9. The molecule has 5 heteroatoms. The molecule has 2 atom stereocenters. The Kier molecular flexibility index (Phi) is 4.91. The lowest BCUT2D eigenvalue weighted by Crippen LogP contribution is -2.39. The van der Waals surface area contributed by atoms with Crippen LogP contribution in [0.15, 0.2) is 28.7 Å². The molecular formula is C16H21ClN2O2. The van der Waals surface area contributed by atoms with Gasteiger partial charge in [0.15, 0.2) is 5.76 Å². The van der Waals surface area contributed by atoms with Crippen LogP contribution in [0.25, 0.3) is 11.0 Å². The quantitative estimate of drug-likeness (QED) is 0.916. The summed E-state index contributed by atoms with van der Waals surface area (Å²) in [7, 11) is 0. The number of hydrogen-bond acceptors (Lipinski definition) is 3. The number of fused-ring (bicyclic) bond motifs is 1. The van der Waals surface area contributed by atoms with Crippen molar-refractivity contribution in [3.05, 3.63) is 35.6 Å². The van der Waals surface area contributed by atoms with Crippen molar-refractivity contribution in [1.29, 1.82) is 0 Å². The lowest BCUT2D eigenvalue weighted by molar-refractivity contribution is 0.0903. The predicted molar refractivity (Wildman–Crippen MR) is 85.8 cm³/mol. The average molecular weight is 309 g/mol. The monoisotopic (exact) mass is 308 g/mol. The van der Waals surface area contributed by atoms with E-state index in [0.717, 1.165) is 35.8 Å². The Labute approximate surface area is 130 Å². The highest BCUT2D eigenvalue weighted by atomic mass is 35.5. The van der Waals surface area contributed by atoms with Crippen LogP contribution in [0.3, 0.4) is 0 Å². The summed E-state index contributed by atoms with van der Waals surface area (Å²) in [6, 6.07) is 7.90. The minimum atomic E-state index is -0.135. The minimum absolute atomic E-state index is 0. The Balaban J connectivity index is 0.00000161. The molecule has 1 heterocycles. The molecule has 1 aliphatic rings. The third kappa shape index (κ3) is 3.22. The van der Waals surface area contributed by atoms with Gasteiger partial charge in [0.1, 0.15) is 5.58 Å². The number of nitrogens with one attached hydrogen (secondary N) is 1. The van der Waals surface area contributed by atoms with Crippen molar-refractivity contribution >= 4 is 29.3 Å². The second-order valence-corrected chi connectivity index (χ2v) is 5.66. The largest absolute Gasteiger partial charge is 0.451 e. The van der Waals surface area contributed by atoms with Gasteiger partial charge in [-0.3, -0.25) is 4.79 Å². The van der Waals surface area contributed by atoms with Gasteiger partial charge in [-0.25, -0.2) is 0 Å². The number of amides is 1. The average Bonchev–Trinajstić information content (AvgIpc) is 3.04. The highest BCUT2D eigenvalue weighted by molar-refractivity contribution is 5.96. The van der Waals surface area contributed by atoms with Crippen molar-refractivity contribution in [3.8, 4) is 0 Å². The molecule has 2 unspecified atom stereocenters. The van der Waals surface area contributed by atoms with E-state index in [1.54, 1.807) is 0 Å². The number of benzene rings is 1. The summed E-state index contributed by atoms with van der Waals surface area (Å²) >= 11 is 0. The fraction of sp³-hybridized carbons (Fsp3) is 0.438. The van der Waals surface area contributed by atoms with Crippen LogP contribution >= 0.6 is 12.4 Å². The van der Waals surface area contributed by atoms with E-state index in [1.165, 1.54) is 0 Å². The summed E-state index contributed by atoms with van der Waals surface area (Å²) in [5.74, 6) is 0.642. The van der Waals surface area contributed by atoms with Crippen LogP contribution in [-0.4, -0.2) is 18.5 Å². The maximum absolute atomic E-state index is 12.3.